The average Bonchev–Trinajstić information content (AvgIpc) is 3.38. The summed E-state index contributed by atoms with van der Waals surface area (Å²) in [6.45, 7) is 9.87. The second-order valence-electron chi connectivity index (χ2n) is 9.15. The Bertz CT molecular complexity index is 1070. The molecule has 4 rings (SSSR count). The highest BCUT2D eigenvalue weighted by atomic mass is 16.3. The summed E-state index contributed by atoms with van der Waals surface area (Å²) in [5.74, 6) is 0.497. The molecule has 0 radical (unpaired) electrons. The van der Waals surface area contributed by atoms with Gasteiger partial charge in [-0.3, -0.25) is 9.79 Å². The van der Waals surface area contributed by atoms with E-state index in [4.69, 9.17) is 0 Å². The highest BCUT2D eigenvalue weighted by Gasteiger charge is 2.40. The average molecular weight is 435 g/mol. The highest BCUT2D eigenvalue weighted by Crippen LogP contribution is 2.45. The van der Waals surface area contributed by atoms with Crippen molar-refractivity contribution in [2.45, 2.75) is 66.2 Å². The fourth-order valence-electron chi connectivity index (χ4n) is 5.41. The van der Waals surface area contributed by atoms with Crippen LogP contribution in [0.1, 0.15) is 71.8 Å². The molecule has 0 spiro atoms. The Kier molecular flexibility index (Phi) is 6.27. The topological polar surface area (TPSA) is 73.1 Å². The minimum absolute atomic E-state index is 0.0216. The molecule has 0 saturated heterocycles. The third-order valence-corrected chi connectivity index (χ3v) is 7.32. The number of anilines is 1. The number of nitrogens with zero attached hydrogens (tertiary/aromatic N) is 2. The van der Waals surface area contributed by atoms with E-state index >= 15 is 0 Å². The van der Waals surface area contributed by atoms with Crippen LogP contribution in [0.5, 0.6) is 5.75 Å². The number of rotatable bonds is 7. The summed E-state index contributed by atoms with van der Waals surface area (Å²) < 4.78 is 0. The molecular formula is C27H34N2O3. The molecule has 1 fully saturated rings. The zero-order chi connectivity index (χ0) is 23.0. The standard InChI is InChI=1S/C27H34N2O3/c1-5-20-16(3)25(28-17(20)4)24-26(31)23(27(24)32)21-12-11-19(15-22(21)30)29(6-2)14-13-18-9-7-8-10-18/h11-12,15,18,30-31H,5-10,13-14H2,1-4H3/b25-24+. The van der Waals surface area contributed by atoms with Crippen molar-refractivity contribution in [1.29, 1.82) is 0 Å². The van der Waals surface area contributed by atoms with Crippen LogP contribution in [0.3, 0.4) is 0 Å². The van der Waals surface area contributed by atoms with Gasteiger partial charge >= 0.3 is 0 Å². The van der Waals surface area contributed by atoms with Crippen LogP contribution in [0.4, 0.5) is 5.69 Å². The largest absolute Gasteiger partial charge is 0.507 e. The zero-order valence-electron chi connectivity index (χ0n) is 19.7. The van der Waals surface area contributed by atoms with Gasteiger partial charge in [-0.2, -0.15) is 0 Å². The number of carbonyl (C=O) groups excluding carboxylic acids is 1. The first-order valence-electron chi connectivity index (χ1n) is 11.9. The summed E-state index contributed by atoms with van der Waals surface area (Å²) in [5.41, 5.74) is 5.27. The van der Waals surface area contributed by atoms with Crippen molar-refractivity contribution in [3.05, 3.63) is 51.9 Å². The lowest BCUT2D eigenvalue weighted by Gasteiger charge is -2.27. The number of phenols is 1. The highest BCUT2D eigenvalue weighted by molar-refractivity contribution is 6.40. The van der Waals surface area contributed by atoms with Gasteiger partial charge in [0.05, 0.1) is 16.8 Å². The number of ketones is 1. The molecule has 0 unspecified atom stereocenters. The van der Waals surface area contributed by atoms with Gasteiger partial charge in [0.15, 0.2) is 0 Å². The molecule has 32 heavy (non-hydrogen) atoms. The lowest BCUT2D eigenvalue weighted by molar-refractivity contribution is -0.111. The van der Waals surface area contributed by atoms with Crippen molar-refractivity contribution in [2.24, 2.45) is 10.9 Å². The summed E-state index contributed by atoms with van der Waals surface area (Å²) in [5, 5.41) is 21.5. The molecule has 2 N–H and O–H groups in total. The molecule has 2 aliphatic carbocycles. The Labute approximate surface area is 190 Å². The van der Waals surface area contributed by atoms with Gasteiger partial charge in [-0.1, -0.05) is 32.6 Å². The fourth-order valence-corrected chi connectivity index (χ4v) is 5.41. The molecule has 0 amide bonds. The number of aromatic hydroxyl groups is 1. The predicted octanol–water partition coefficient (Wildman–Crippen LogP) is 6.11. The Morgan fingerprint density at radius 1 is 1.09 bits per heavy atom. The summed E-state index contributed by atoms with van der Waals surface area (Å²) >= 11 is 0. The van der Waals surface area contributed by atoms with Gasteiger partial charge in [-0.15, -0.1) is 0 Å². The van der Waals surface area contributed by atoms with Gasteiger partial charge in [0.1, 0.15) is 11.5 Å². The molecule has 1 saturated carbocycles. The SMILES string of the molecule is CCC1=C(C)/C(=C2\C(=O)C(c3ccc(N(CC)CCC4CCCC4)cc3O)=C2O)N=C1C. The van der Waals surface area contributed by atoms with Gasteiger partial charge in [-0.05, 0) is 62.8 Å². The van der Waals surface area contributed by atoms with Gasteiger partial charge < -0.3 is 15.1 Å². The maximum Gasteiger partial charge on any atom is 0.203 e. The molecule has 170 valence electrons. The first-order valence-corrected chi connectivity index (χ1v) is 11.9. The van der Waals surface area contributed by atoms with E-state index in [2.05, 4.69) is 23.7 Å². The second kappa shape index (κ2) is 8.97. The van der Waals surface area contributed by atoms with Gasteiger partial charge in [0.25, 0.3) is 0 Å². The first kappa shape index (κ1) is 22.4. The van der Waals surface area contributed by atoms with E-state index in [-0.39, 0.29) is 28.4 Å². The van der Waals surface area contributed by atoms with E-state index < -0.39 is 0 Å². The molecule has 0 aromatic heterocycles. The van der Waals surface area contributed by atoms with Gasteiger partial charge in [-0.25, -0.2) is 0 Å². The lowest BCUT2D eigenvalue weighted by atomic mass is 9.81. The molecule has 1 heterocycles. The van der Waals surface area contributed by atoms with Crippen molar-refractivity contribution in [2.75, 3.05) is 18.0 Å². The van der Waals surface area contributed by atoms with Crippen LogP contribution in [-0.2, 0) is 4.79 Å². The maximum absolute atomic E-state index is 13.0. The van der Waals surface area contributed by atoms with Crippen LogP contribution in [0.2, 0.25) is 0 Å². The van der Waals surface area contributed by atoms with E-state index in [1.165, 1.54) is 32.1 Å². The Balaban J connectivity index is 1.59. The van der Waals surface area contributed by atoms with Gasteiger partial charge in [0, 0.05) is 36.1 Å². The third-order valence-electron chi connectivity index (χ3n) is 7.32. The smallest absolute Gasteiger partial charge is 0.203 e. The number of hydrogen-bond donors (Lipinski definition) is 2. The summed E-state index contributed by atoms with van der Waals surface area (Å²) in [6, 6.07) is 5.39. The quantitative estimate of drug-likeness (QED) is 0.508. The predicted molar refractivity (Wildman–Crippen MR) is 130 cm³/mol. The molecule has 3 aliphatic rings. The molecule has 1 aromatic carbocycles. The summed E-state index contributed by atoms with van der Waals surface area (Å²) in [4.78, 5) is 19.8. The van der Waals surface area contributed by atoms with Crippen LogP contribution >= 0.6 is 0 Å². The zero-order valence-corrected chi connectivity index (χ0v) is 19.7. The van der Waals surface area contributed by atoms with Crippen LogP contribution in [-0.4, -0.2) is 34.8 Å². The normalized spacial score (nSPS) is 21.5. The van der Waals surface area contributed by atoms with Crippen LogP contribution < -0.4 is 4.90 Å². The van der Waals surface area contributed by atoms with E-state index in [9.17, 15) is 15.0 Å². The van der Waals surface area contributed by atoms with E-state index in [0.717, 1.165) is 48.0 Å². The molecule has 0 atom stereocenters. The van der Waals surface area contributed by atoms with E-state index in [1.54, 1.807) is 12.1 Å². The minimum atomic E-state index is -0.262. The molecule has 5 nitrogen and oxygen atoms in total. The number of aliphatic hydroxyl groups is 1. The summed E-state index contributed by atoms with van der Waals surface area (Å²) in [6.07, 6.45) is 7.35. The van der Waals surface area contributed by atoms with Crippen molar-refractivity contribution < 1.29 is 15.0 Å². The monoisotopic (exact) mass is 434 g/mol. The van der Waals surface area contributed by atoms with Crippen LogP contribution in [0.15, 0.2) is 51.4 Å². The molecular weight excluding hydrogens is 400 g/mol. The molecule has 1 aliphatic heterocycles. The minimum Gasteiger partial charge on any atom is -0.507 e. The number of hydrogen-bond acceptors (Lipinski definition) is 5. The number of carbonyl (C=O) groups is 1. The summed E-state index contributed by atoms with van der Waals surface area (Å²) in [7, 11) is 0. The molecule has 1 aromatic rings. The van der Waals surface area contributed by atoms with Gasteiger partial charge in [0.2, 0.25) is 5.78 Å². The van der Waals surface area contributed by atoms with Crippen LogP contribution in [0, 0.1) is 5.92 Å². The third kappa shape index (κ3) is 3.78. The van der Waals surface area contributed by atoms with Crippen molar-refractivity contribution in [3.63, 3.8) is 0 Å². The van der Waals surface area contributed by atoms with Crippen molar-refractivity contribution >= 4 is 22.8 Å². The number of phenolic OH excluding ortho intramolecular Hbond substituents is 1. The number of allylic oxidation sites excluding steroid dienone is 4. The first-order chi connectivity index (χ1) is 15.4. The number of aliphatic imine (C=N–C) groups is 1. The molecule has 5 heteroatoms. The van der Waals surface area contributed by atoms with Crippen LogP contribution in [0.25, 0.3) is 5.57 Å². The van der Waals surface area contributed by atoms with E-state index in [0.29, 0.717) is 11.3 Å². The lowest BCUT2D eigenvalue weighted by Crippen LogP contribution is -2.26. The Morgan fingerprint density at radius 3 is 2.38 bits per heavy atom. The van der Waals surface area contributed by atoms with Crippen molar-refractivity contribution in [1.82, 2.24) is 0 Å². The number of aliphatic hydroxyl groups excluding tert-OH is 1. The molecule has 0 bridgehead atoms. The maximum atomic E-state index is 13.0. The number of Topliss-reactive ketones (excluding diaryl/α,β-unsaturated/α-hetero) is 1. The van der Waals surface area contributed by atoms with E-state index in [1.807, 2.05) is 19.9 Å². The Hall–Kier alpha value is -2.82. The fraction of sp³-hybridized carbons (Fsp3) is 0.481. The number of benzene rings is 1. The van der Waals surface area contributed by atoms with Crippen molar-refractivity contribution in [3.8, 4) is 5.75 Å². The second-order valence-corrected chi connectivity index (χ2v) is 9.15. The Morgan fingerprint density at radius 2 is 1.81 bits per heavy atom.